The number of nitrogens with one attached hydrogen (secondary N) is 2. The van der Waals surface area contributed by atoms with E-state index in [1.807, 2.05) is 30.3 Å². The highest BCUT2D eigenvalue weighted by Crippen LogP contribution is 2.24. The molecule has 0 unspecified atom stereocenters. The van der Waals surface area contributed by atoms with Crippen LogP contribution < -0.4 is 15.4 Å². The Bertz CT molecular complexity index is 876. The van der Waals surface area contributed by atoms with E-state index in [0.29, 0.717) is 11.4 Å². The van der Waals surface area contributed by atoms with Crippen molar-refractivity contribution < 1.29 is 19.4 Å². The number of carbonyl (C=O) groups is 2. The Balaban J connectivity index is 1.60. The van der Waals surface area contributed by atoms with Crippen molar-refractivity contribution in [2.24, 2.45) is 0 Å². The molecular weight excluding hydrogens is 340 g/mol. The summed E-state index contributed by atoms with van der Waals surface area (Å²) in [6.45, 7) is 0. The second-order valence-corrected chi connectivity index (χ2v) is 5.90. The topological polar surface area (TPSA) is 87.7 Å². The molecule has 1 heterocycles. The summed E-state index contributed by atoms with van der Waals surface area (Å²) in [5.74, 6) is 0.280. The molecule has 0 atom stereocenters. The van der Waals surface area contributed by atoms with E-state index in [1.165, 1.54) is 6.07 Å². The molecule has 0 saturated carbocycles. The molecule has 0 radical (unpaired) electrons. The smallest absolute Gasteiger partial charge is 0.338 e. The lowest BCUT2D eigenvalue weighted by Gasteiger charge is -2.09. The van der Waals surface area contributed by atoms with Gasteiger partial charge in [0, 0.05) is 5.69 Å². The van der Waals surface area contributed by atoms with Crippen molar-refractivity contribution in [2.45, 2.75) is 0 Å². The molecule has 3 N–H and O–H groups in total. The van der Waals surface area contributed by atoms with Crippen LogP contribution in [0.3, 0.4) is 0 Å². The monoisotopic (exact) mass is 354 g/mol. The number of hydrogen-bond donors (Lipinski definition) is 3. The van der Waals surface area contributed by atoms with Crippen molar-refractivity contribution in [2.75, 3.05) is 10.6 Å². The molecule has 0 spiro atoms. The van der Waals surface area contributed by atoms with Crippen LogP contribution in [0, 0.1) is 0 Å². The summed E-state index contributed by atoms with van der Waals surface area (Å²) in [5.41, 5.74) is 0.623. The molecule has 126 valence electrons. The van der Waals surface area contributed by atoms with Crippen molar-refractivity contribution in [3.63, 3.8) is 0 Å². The Labute approximate surface area is 147 Å². The van der Waals surface area contributed by atoms with E-state index >= 15 is 0 Å². The number of rotatable bonds is 5. The number of para-hydroxylation sites is 1. The number of hydrogen-bond acceptors (Lipinski definition) is 4. The third-order valence-electron chi connectivity index (χ3n) is 3.21. The van der Waals surface area contributed by atoms with E-state index in [0.717, 1.165) is 17.1 Å². The summed E-state index contributed by atoms with van der Waals surface area (Å²) < 4.78 is 5.67. The van der Waals surface area contributed by atoms with Crippen LogP contribution >= 0.6 is 11.3 Å². The molecule has 25 heavy (non-hydrogen) atoms. The molecule has 3 rings (SSSR count). The Hall–Kier alpha value is -3.32. The quantitative estimate of drug-likeness (QED) is 0.609. The van der Waals surface area contributed by atoms with Crippen molar-refractivity contribution in [1.82, 2.24) is 0 Å². The third-order valence-corrected chi connectivity index (χ3v) is 4.04. The second-order valence-electron chi connectivity index (χ2n) is 4.99. The molecule has 6 nitrogen and oxygen atoms in total. The number of carboxylic acid groups (broad SMARTS) is 1. The third kappa shape index (κ3) is 4.36. The second kappa shape index (κ2) is 7.50. The van der Waals surface area contributed by atoms with Gasteiger partial charge >= 0.3 is 12.0 Å². The van der Waals surface area contributed by atoms with Crippen LogP contribution in [0.25, 0.3) is 0 Å². The highest BCUT2D eigenvalue weighted by Gasteiger charge is 2.13. The number of aromatic carboxylic acids is 1. The van der Waals surface area contributed by atoms with E-state index in [1.54, 1.807) is 29.6 Å². The normalized spacial score (nSPS) is 10.1. The number of thiophene rings is 1. The number of ether oxygens (including phenoxy) is 1. The average Bonchev–Trinajstić information content (AvgIpc) is 3.06. The first-order chi connectivity index (χ1) is 12.1. The number of anilines is 2. The van der Waals surface area contributed by atoms with Crippen molar-refractivity contribution >= 4 is 34.0 Å². The Morgan fingerprint density at radius 1 is 0.880 bits per heavy atom. The van der Waals surface area contributed by atoms with Gasteiger partial charge in [-0.05, 0) is 47.8 Å². The summed E-state index contributed by atoms with van der Waals surface area (Å²) in [7, 11) is 0. The van der Waals surface area contributed by atoms with E-state index < -0.39 is 12.0 Å². The van der Waals surface area contributed by atoms with E-state index in [-0.39, 0.29) is 10.6 Å². The zero-order valence-electron chi connectivity index (χ0n) is 12.9. The number of benzene rings is 2. The number of amides is 2. The number of urea groups is 1. The molecule has 0 aliphatic rings. The van der Waals surface area contributed by atoms with E-state index in [4.69, 9.17) is 9.84 Å². The van der Waals surface area contributed by atoms with Crippen LogP contribution in [-0.4, -0.2) is 17.1 Å². The summed E-state index contributed by atoms with van der Waals surface area (Å²) >= 11 is 1.15. The van der Waals surface area contributed by atoms with Gasteiger partial charge in [0.25, 0.3) is 0 Å². The lowest BCUT2D eigenvalue weighted by atomic mass is 10.3. The van der Waals surface area contributed by atoms with Gasteiger partial charge in [-0.1, -0.05) is 18.2 Å². The molecule has 0 aliphatic carbocycles. The number of carbonyl (C=O) groups excluding carboxylic acids is 1. The molecule has 3 aromatic rings. The van der Waals surface area contributed by atoms with Crippen LogP contribution in [0.4, 0.5) is 15.5 Å². The molecule has 0 fully saturated rings. The molecule has 0 saturated heterocycles. The first-order valence-corrected chi connectivity index (χ1v) is 8.21. The van der Waals surface area contributed by atoms with Gasteiger partial charge in [0.15, 0.2) is 0 Å². The fraction of sp³-hybridized carbons (Fsp3) is 0. The van der Waals surface area contributed by atoms with Crippen LogP contribution in [-0.2, 0) is 0 Å². The zero-order chi connectivity index (χ0) is 17.6. The Morgan fingerprint density at radius 2 is 1.56 bits per heavy atom. The molecule has 2 aromatic carbocycles. The number of carboxylic acids is 1. The molecule has 7 heteroatoms. The van der Waals surface area contributed by atoms with Crippen LogP contribution in [0.5, 0.6) is 11.5 Å². The maximum Gasteiger partial charge on any atom is 0.338 e. The van der Waals surface area contributed by atoms with Gasteiger partial charge in [-0.15, -0.1) is 11.3 Å². The molecule has 1 aromatic heterocycles. The minimum absolute atomic E-state index is 0.0618. The fourth-order valence-electron chi connectivity index (χ4n) is 2.07. The van der Waals surface area contributed by atoms with Gasteiger partial charge in [0.1, 0.15) is 16.5 Å². The zero-order valence-corrected chi connectivity index (χ0v) is 13.7. The Morgan fingerprint density at radius 3 is 2.24 bits per heavy atom. The van der Waals surface area contributed by atoms with Crippen LogP contribution in [0.2, 0.25) is 0 Å². The summed E-state index contributed by atoms with van der Waals surface area (Å²) in [6, 6.07) is 17.2. The minimum atomic E-state index is -1.08. The SMILES string of the molecule is O=C(Nc1ccc(Oc2ccccc2)cc1)Nc1sccc1C(=O)O. The van der Waals surface area contributed by atoms with Crippen molar-refractivity contribution in [3.05, 3.63) is 71.6 Å². The van der Waals surface area contributed by atoms with Gasteiger partial charge in [0.2, 0.25) is 0 Å². The van der Waals surface area contributed by atoms with Crippen LogP contribution in [0.15, 0.2) is 66.0 Å². The molecule has 0 aliphatic heterocycles. The lowest BCUT2D eigenvalue weighted by Crippen LogP contribution is -2.19. The molecule has 0 bridgehead atoms. The summed E-state index contributed by atoms with van der Waals surface area (Å²) in [5, 5.41) is 16.1. The van der Waals surface area contributed by atoms with Gasteiger partial charge in [-0.2, -0.15) is 0 Å². The largest absolute Gasteiger partial charge is 0.478 e. The lowest BCUT2D eigenvalue weighted by molar-refractivity contribution is 0.0698. The summed E-state index contributed by atoms with van der Waals surface area (Å²) in [4.78, 5) is 23.0. The van der Waals surface area contributed by atoms with Gasteiger partial charge in [0.05, 0.1) is 5.56 Å². The molecular formula is C18H14N2O4S. The predicted molar refractivity (Wildman–Crippen MR) is 96.9 cm³/mol. The predicted octanol–water partition coefficient (Wildman–Crippen LogP) is 4.88. The highest BCUT2D eigenvalue weighted by molar-refractivity contribution is 7.14. The van der Waals surface area contributed by atoms with Gasteiger partial charge in [-0.25, -0.2) is 9.59 Å². The maximum absolute atomic E-state index is 12.0. The fourth-order valence-corrected chi connectivity index (χ4v) is 2.85. The minimum Gasteiger partial charge on any atom is -0.478 e. The highest BCUT2D eigenvalue weighted by atomic mass is 32.1. The molecule has 2 amide bonds. The van der Waals surface area contributed by atoms with E-state index in [2.05, 4.69) is 10.6 Å². The maximum atomic E-state index is 12.0. The van der Waals surface area contributed by atoms with Crippen molar-refractivity contribution in [1.29, 1.82) is 0 Å². The van der Waals surface area contributed by atoms with Crippen molar-refractivity contribution in [3.8, 4) is 11.5 Å². The van der Waals surface area contributed by atoms with Crippen LogP contribution in [0.1, 0.15) is 10.4 Å². The first kappa shape index (κ1) is 16.5. The van der Waals surface area contributed by atoms with Gasteiger partial charge < -0.3 is 15.2 Å². The van der Waals surface area contributed by atoms with E-state index in [9.17, 15) is 9.59 Å². The average molecular weight is 354 g/mol. The summed E-state index contributed by atoms with van der Waals surface area (Å²) in [6.07, 6.45) is 0. The van der Waals surface area contributed by atoms with Gasteiger partial charge in [-0.3, -0.25) is 5.32 Å². The standard InChI is InChI=1S/C18H14N2O4S/c21-17(22)15-10-11-25-16(15)20-18(23)19-12-6-8-14(9-7-12)24-13-4-2-1-3-5-13/h1-11H,(H,21,22)(H2,19,20,23). The first-order valence-electron chi connectivity index (χ1n) is 7.33. The Kier molecular flexibility index (Phi) is 4.96.